The van der Waals surface area contributed by atoms with Crippen molar-refractivity contribution in [2.75, 3.05) is 6.61 Å². The van der Waals surface area contributed by atoms with E-state index in [0.717, 1.165) is 29.5 Å². The quantitative estimate of drug-likeness (QED) is 0.535. The maximum absolute atomic E-state index is 13.0. The van der Waals surface area contributed by atoms with E-state index in [9.17, 15) is 4.79 Å². The number of rotatable bonds is 7. The molecule has 4 heteroatoms. The number of amides is 1. The molecule has 0 radical (unpaired) electrons. The average molecular weight is 403 g/mol. The van der Waals surface area contributed by atoms with Gasteiger partial charge in [-0.25, -0.2) is 0 Å². The van der Waals surface area contributed by atoms with Gasteiger partial charge in [0.25, 0.3) is 5.91 Å². The molecule has 1 aliphatic carbocycles. The summed E-state index contributed by atoms with van der Waals surface area (Å²) in [6.07, 6.45) is 3.86. The van der Waals surface area contributed by atoms with Crippen LogP contribution in [0, 0.1) is 0 Å². The summed E-state index contributed by atoms with van der Waals surface area (Å²) in [6.45, 7) is 11.4. The van der Waals surface area contributed by atoms with E-state index in [0.29, 0.717) is 24.9 Å². The number of nitrogens with zero attached hydrogens (tertiary/aromatic N) is 1. The molecule has 0 atom stereocenters. The van der Waals surface area contributed by atoms with Crippen LogP contribution in [0.5, 0.6) is 5.75 Å². The van der Waals surface area contributed by atoms with Gasteiger partial charge in [-0.2, -0.15) is 0 Å². The monoisotopic (exact) mass is 402 g/mol. The molecule has 0 saturated heterocycles. The van der Waals surface area contributed by atoms with E-state index in [2.05, 4.69) is 61.5 Å². The zero-order valence-corrected chi connectivity index (χ0v) is 18.1. The van der Waals surface area contributed by atoms with Crippen LogP contribution in [-0.2, 0) is 12.0 Å². The van der Waals surface area contributed by atoms with Crippen LogP contribution in [-0.4, -0.2) is 23.1 Å². The van der Waals surface area contributed by atoms with Crippen LogP contribution in [0.25, 0.3) is 10.9 Å². The number of benzene rings is 2. The third-order valence-electron chi connectivity index (χ3n) is 5.57. The fourth-order valence-electron chi connectivity index (χ4n) is 3.67. The molecule has 0 unspecified atom stereocenters. The van der Waals surface area contributed by atoms with Gasteiger partial charge in [0, 0.05) is 18.0 Å². The number of nitrogens with one attached hydrogen (secondary N) is 1. The maximum Gasteiger partial charge on any atom is 0.268 e. The molecule has 3 aromatic rings. The van der Waals surface area contributed by atoms with Crippen molar-refractivity contribution in [3.05, 3.63) is 78.0 Å². The van der Waals surface area contributed by atoms with E-state index >= 15 is 0 Å². The summed E-state index contributed by atoms with van der Waals surface area (Å²) in [7, 11) is 0. The first-order valence-corrected chi connectivity index (χ1v) is 10.6. The van der Waals surface area contributed by atoms with E-state index in [1.165, 1.54) is 11.1 Å². The normalized spacial score (nSPS) is 14.0. The summed E-state index contributed by atoms with van der Waals surface area (Å²) in [6, 6.07) is 16.9. The average Bonchev–Trinajstić information content (AvgIpc) is 3.45. The minimum absolute atomic E-state index is 0.0188. The van der Waals surface area contributed by atoms with Crippen molar-refractivity contribution in [3.63, 3.8) is 0 Å². The minimum atomic E-state index is -0.0188. The Balaban J connectivity index is 1.73. The van der Waals surface area contributed by atoms with E-state index in [4.69, 9.17) is 4.74 Å². The van der Waals surface area contributed by atoms with Gasteiger partial charge in [0.1, 0.15) is 18.1 Å². The second kappa shape index (κ2) is 8.02. The summed E-state index contributed by atoms with van der Waals surface area (Å²) in [5.74, 6) is 0.754. The van der Waals surface area contributed by atoms with Crippen molar-refractivity contribution in [1.29, 1.82) is 0 Å². The maximum atomic E-state index is 13.0. The third kappa shape index (κ3) is 4.28. The molecule has 0 spiro atoms. The Morgan fingerprint density at radius 1 is 1.20 bits per heavy atom. The van der Waals surface area contributed by atoms with Gasteiger partial charge in [0.2, 0.25) is 0 Å². The molecule has 2 aromatic carbocycles. The van der Waals surface area contributed by atoms with Crippen molar-refractivity contribution >= 4 is 16.8 Å². The van der Waals surface area contributed by atoms with E-state index in [1.54, 1.807) is 6.08 Å². The molecule has 1 fully saturated rings. The van der Waals surface area contributed by atoms with Gasteiger partial charge >= 0.3 is 0 Å². The Morgan fingerprint density at radius 2 is 1.93 bits per heavy atom. The highest BCUT2D eigenvalue weighted by atomic mass is 16.5. The molecule has 4 rings (SSSR count). The van der Waals surface area contributed by atoms with Crippen LogP contribution < -0.4 is 10.1 Å². The molecule has 1 heterocycles. The van der Waals surface area contributed by atoms with Gasteiger partial charge in [-0.1, -0.05) is 63.8 Å². The van der Waals surface area contributed by atoms with Crippen LogP contribution in [0.15, 0.2) is 61.2 Å². The number of fused-ring (bicyclic) bond motifs is 1. The summed E-state index contributed by atoms with van der Waals surface area (Å²) in [5.41, 5.74) is 4.25. The zero-order valence-electron chi connectivity index (χ0n) is 18.1. The van der Waals surface area contributed by atoms with Crippen LogP contribution in [0.1, 0.15) is 55.2 Å². The number of hydrogen-bond donors (Lipinski definition) is 1. The fourth-order valence-corrected chi connectivity index (χ4v) is 3.67. The Morgan fingerprint density at radius 3 is 2.57 bits per heavy atom. The standard InChI is InChI=1S/C26H30N2O2/c1-5-15-30-24-8-6-7-22-21(24)16-23(25(29)27-20-13-14-20)28(22)17-18-9-11-19(12-10-18)26(2,3)4/h5-12,16,20H,1,13-15,17H2,2-4H3,(H,27,29). The molecule has 1 N–H and O–H groups in total. The Hall–Kier alpha value is -3.01. The lowest BCUT2D eigenvalue weighted by molar-refractivity contribution is 0.0942. The van der Waals surface area contributed by atoms with Gasteiger partial charge in [-0.3, -0.25) is 4.79 Å². The van der Waals surface area contributed by atoms with E-state index in [-0.39, 0.29) is 11.3 Å². The number of carbonyl (C=O) groups is 1. The van der Waals surface area contributed by atoms with Gasteiger partial charge in [-0.05, 0) is 47.6 Å². The summed E-state index contributed by atoms with van der Waals surface area (Å²) in [4.78, 5) is 13.0. The van der Waals surface area contributed by atoms with E-state index < -0.39 is 0 Å². The van der Waals surface area contributed by atoms with Crippen molar-refractivity contribution < 1.29 is 9.53 Å². The number of ether oxygens (including phenoxy) is 1. The second-order valence-electron chi connectivity index (χ2n) is 9.10. The second-order valence-corrected chi connectivity index (χ2v) is 9.10. The molecule has 0 bridgehead atoms. The predicted molar refractivity (Wildman–Crippen MR) is 122 cm³/mol. The molecule has 0 aliphatic heterocycles. The number of hydrogen-bond acceptors (Lipinski definition) is 2. The van der Waals surface area contributed by atoms with Crippen LogP contribution in [0.3, 0.4) is 0 Å². The highest BCUT2D eigenvalue weighted by Crippen LogP contribution is 2.31. The van der Waals surface area contributed by atoms with Crippen LogP contribution in [0.2, 0.25) is 0 Å². The molecular weight excluding hydrogens is 372 g/mol. The lowest BCUT2D eigenvalue weighted by atomic mass is 9.87. The summed E-state index contributed by atoms with van der Waals surface area (Å²) >= 11 is 0. The largest absolute Gasteiger partial charge is 0.489 e. The van der Waals surface area contributed by atoms with Crippen molar-refractivity contribution in [1.82, 2.24) is 9.88 Å². The lowest BCUT2D eigenvalue weighted by Crippen LogP contribution is -2.27. The summed E-state index contributed by atoms with van der Waals surface area (Å²) < 4.78 is 7.95. The van der Waals surface area contributed by atoms with Crippen molar-refractivity contribution in [2.24, 2.45) is 0 Å². The molecular formula is C26H30N2O2. The molecule has 1 aliphatic rings. The highest BCUT2D eigenvalue weighted by Gasteiger charge is 2.26. The zero-order chi connectivity index (χ0) is 21.3. The van der Waals surface area contributed by atoms with Gasteiger partial charge in [-0.15, -0.1) is 0 Å². The smallest absolute Gasteiger partial charge is 0.268 e. The Labute approximate surface area is 178 Å². The van der Waals surface area contributed by atoms with Gasteiger partial charge in [0.05, 0.1) is 5.52 Å². The van der Waals surface area contributed by atoms with Crippen molar-refractivity contribution in [2.45, 2.75) is 51.6 Å². The Bertz CT molecular complexity index is 1070. The highest BCUT2D eigenvalue weighted by molar-refractivity contribution is 6.00. The topological polar surface area (TPSA) is 43.3 Å². The third-order valence-corrected chi connectivity index (χ3v) is 5.57. The van der Waals surface area contributed by atoms with Crippen LogP contribution >= 0.6 is 0 Å². The first-order valence-electron chi connectivity index (χ1n) is 10.6. The first kappa shape index (κ1) is 20.3. The molecule has 4 nitrogen and oxygen atoms in total. The first-order chi connectivity index (χ1) is 14.4. The van der Waals surface area contributed by atoms with Gasteiger partial charge < -0.3 is 14.6 Å². The van der Waals surface area contributed by atoms with Crippen molar-refractivity contribution in [3.8, 4) is 5.75 Å². The fraction of sp³-hybridized carbons (Fsp3) is 0.346. The summed E-state index contributed by atoms with van der Waals surface area (Å²) in [5, 5.41) is 4.08. The van der Waals surface area contributed by atoms with Crippen LogP contribution in [0.4, 0.5) is 0 Å². The molecule has 30 heavy (non-hydrogen) atoms. The minimum Gasteiger partial charge on any atom is -0.489 e. The number of carbonyl (C=O) groups excluding carboxylic acids is 1. The van der Waals surface area contributed by atoms with Gasteiger partial charge in [0.15, 0.2) is 0 Å². The molecule has 1 saturated carbocycles. The Kier molecular flexibility index (Phi) is 5.42. The predicted octanol–water partition coefficient (Wildman–Crippen LogP) is 5.44. The number of aromatic nitrogens is 1. The molecule has 1 aromatic heterocycles. The molecule has 156 valence electrons. The SMILES string of the molecule is C=CCOc1cccc2c1cc(C(=O)NC1CC1)n2Cc1ccc(C(C)(C)C)cc1. The molecule has 1 amide bonds. The lowest BCUT2D eigenvalue weighted by Gasteiger charge is -2.19. The van der Waals surface area contributed by atoms with E-state index in [1.807, 2.05) is 24.3 Å².